The number of rotatable bonds is 2. The summed E-state index contributed by atoms with van der Waals surface area (Å²) in [6, 6.07) is 6.72. The maximum absolute atomic E-state index is 13.7. The molecule has 0 N–H and O–H groups in total. The monoisotopic (exact) mass is 251 g/mol. The highest BCUT2D eigenvalue weighted by Gasteiger charge is 2.42. The number of carbonyl (C=O) groups excluding carboxylic acids is 1. The van der Waals surface area contributed by atoms with Gasteiger partial charge in [0.25, 0.3) is 0 Å². The van der Waals surface area contributed by atoms with Crippen molar-refractivity contribution in [2.24, 2.45) is 5.41 Å². The van der Waals surface area contributed by atoms with Gasteiger partial charge in [-0.1, -0.05) is 23.7 Å². The van der Waals surface area contributed by atoms with Crippen LogP contribution in [-0.2, 0) is 11.2 Å². The van der Waals surface area contributed by atoms with Gasteiger partial charge in [-0.3, -0.25) is 4.79 Å². The fourth-order valence-electron chi connectivity index (χ4n) is 2.28. The van der Waals surface area contributed by atoms with Crippen molar-refractivity contribution in [3.8, 4) is 6.07 Å². The van der Waals surface area contributed by atoms with Gasteiger partial charge in [0.1, 0.15) is 11.2 Å². The molecular weight excluding hydrogens is 241 g/mol. The lowest BCUT2D eigenvalue weighted by atomic mass is 9.80. The number of ketones is 1. The first-order valence-corrected chi connectivity index (χ1v) is 5.84. The fourth-order valence-corrected chi connectivity index (χ4v) is 2.48. The molecular formula is C13H11ClFNO. The number of halogens is 2. The van der Waals surface area contributed by atoms with Crippen molar-refractivity contribution in [3.05, 3.63) is 34.6 Å². The van der Waals surface area contributed by atoms with Gasteiger partial charge in [0.2, 0.25) is 0 Å². The van der Waals surface area contributed by atoms with E-state index in [2.05, 4.69) is 6.07 Å². The Balaban J connectivity index is 2.35. The van der Waals surface area contributed by atoms with Crippen molar-refractivity contribution >= 4 is 17.4 Å². The molecule has 0 spiro atoms. The summed E-state index contributed by atoms with van der Waals surface area (Å²) in [7, 11) is 0. The van der Waals surface area contributed by atoms with E-state index in [0.717, 1.165) is 0 Å². The quantitative estimate of drug-likeness (QED) is 0.809. The van der Waals surface area contributed by atoms with Gasteiger partial charge in [0.15, 0.2) is 5.78 Å². The molecule has 0 radical (unpaired) electrons. The SMILES string of the molecule is N#CC1(Cc2cccc(Cl)c2F)CCCC1=O. The summed E-state index contributed by atoms with van der Waals surface area (Å²) in [6.07, 6.45) is 1.74. The van der Waals surface area contributed by atoms with E-state index >= 15 is 0 Å². The second-order valence-corrected chi connectivity index (χ2v) is 4.77. The average molecular weight is 252 g/mol. The molecule has 1 aromatic rings. The number of nitrogens with zero attached hydrogens (tertiary/aromatic N) is 1. The van der Waals surface area contributed by atoms with Crippen LogP contribution in [0.1, 0.15) is 24.8 Å². The third kappa shape index (κ3) is 2.05. The van der Waals surface area contributed by atoms with Crippen LogP contribution in [0.25, 0.3) is 0 Å². The molecule has 0 bridgehead atoms. The smallest absolute Gasteiger partial charge is 0.153 e. The molecule has 88 valence electrons. The van der Waals surface area contributed by atoms with Crippen LogP contribution in [-0.4, -0.2) is 5.78 Å². The molecule has 1 aliphatic rings. The summed E-state index contributed by atoms with van der Waals surface area (Å²) in [4.78, 5) is 11.7. The Morgan fingerprint density at radius 3 is 2.88 bits per heavy atom. The number of carbonyl (C=O) groups is 1. The van der Waals surface area contributed by atoms with E-state index < -0.39 is 11.2 Å². The van der Waals surface area contributed by atoms with E-state index in [0.29, 0.717) is 24.8 Å². The molecule has 1 aromatic carbocycles. The molecule has 1 atom stereocenters. The van der Waals surface area contributed by atoms with E-state index in [4.69, 9.17) is 11.6 Å². The van der Waals surface area contributed by atoms with Crippen LogP contribution in [0.15, 0.2) is 18.2 Å². The van der Waals surface area contributed by atoms with Crippen LogP contribution in [0.5, 0.6) is 0 Å². The number of benzene rings is 1. The molecule has 1 unspecified atom stereocenters. The topological polar surface area (TPSA) is 40.9 Å². The Morgan fingerprint density at radius 2 is 2.29 bits per heavy atom. The minimum absolute atomic E-state index is 0.0287. The molecule has 1 saturated carbocycles. The van der Waals surface area contributed by atoms with E-state index in [1.54, 1.807) is 12.1 Å². The first-order chi connectivity index (χ1) is 8.09. The van der Waals surface area contributed by atoms with Crippen molar-refractivity contribution in [2.75, 3.05) is 0 Å². The van der Waals surface area contributed by atoms with Gasteiger partial charge in [0, 0.05) is 12.8 Å². The molecule has 0 saturated heterocycles. The minimum Gasteiger partial charge on any atom is -0.298 e. The lowest BCUT2D eigenvalue weighted by molar-refractivity contribution is -0.123. The Hall–Kier alpha value is -1.40. The van der Waals surface area contributed by atoms with Crippen molar-refractivity contribution in [1.29, 1.82) is 5.26 Å². The van der Waals surface area contributed by atoms with Crippen molar-refractivity contribution < 1.29 is 9.18 Å². The standard InChI is InChI=1S/C13H11ClFNO/c14-10-4-1-3-9(12(10)15)7-13(8-16)6-2-5-11(13)17/h1,3-4H,2,5-7H2. The molecule has 2 rings (SSSR count). The van der Waals surface area contributed by atoms with Gasteiger partial charge in [-0.15, -0.1) is 0 Å². The van der Waals surface area contributed by atoms with Crippen LogP contribution < -0.4 is 0 Å². The first kappa shape index (κ1) is 12.1. The molecule has 0 aromatic heterocycles. The maximum Gasteiger partial charge on any atom is 0.153 e. The number of nitriles is 1. The molecule has 17 heavy (non-hydrogen) atoms. The van der Waals surface area contributed by atoms with Crippen molar-refractivity contribution in [2.45, 2.75) is 25.7 Å². The predicted octanol–water partition coefficient (Wildman–Crippen LogP) is 3.28. The van der Waals surface area contributed by atoms with Crippen molar-refractivity contribution in [3.63, 3.8) is 0 Å². The molecule has 0 heterocycles. The molecule has 1 fully saturated rings. The van der Waals surface area contributed by atoms with Crippen molar-refractivity contribution in [1.82, 2.24) is 0 Å². The van der Waals surface area contributed by atoms with Crippen LogP contribution >= 0.6 is 11.6 Å². The second kappa shape index (κ2) is 4.46. The third-order valence-corrected chi connectivity index (χ3v) is 3.57. The number of hydrogen-bond acceptors (Lipinski definition) is 2. The van der Waals surface area contributed by atoms with E-state index in [9.17, 15) is 14.4 Å². The third-order valence-electron chi connectivity index (χ3n) is 3.28. The number of Topliss-reactive ketones (excluding diaryl/α,β-unsaturated/α-hetero) is 1. The normalized spacial score (nSPS) is 23.7. The molecule has 4 heteroatoms. The van der Waals surface area contributed by atoms with Crippen LogP contribution in [0.2, 0.25) is 5.02 Å². The summed E-state index contributed by atoms with van der Waals surface area (Å²) in [5.41, 5.74) is -0.708. The zero-order valence-electron chi connectivity index (χ0n) is 9.17. The minimum atomic E-state index is -1.05. The summed E-state index contributed by atoms with van der Waals surface area (Å²) < 4.78 is 13.7. The first-order valence-electron chi connectivity index (χ1n) is 5.46. The van der Waals surface area contributed by atoms with Crippen LogP contribution in [0.4, 0.5) is 4.39 Å². The Bertz CT molecular complexity index is 509. The largest absolute Gasteiger partial charge is 0.298 e. The highest BCUT2D eigenvalue weighted by Crippen LogP contribution is 2.38. The molecule has 1 aliphatic carbocycles. The summed E-state index contributed by atoms with van der Waals surface area (Å²) in [5, 5.41) is 9.21. The molecule has 0 aliphatic heterocycles. The van der Waals surface area contributed by atoms with E-state index in [-0.39, 0.29) is 17.2 Å². The lowest BCUT2D eigenvalue weighted by Gasteiger charge is -2.18. The van der Waals surface area contributed by atoms with Gasteiger partial charge in [0.05, 0.1) is 11.1 Å². The lowest BCUT2D eigenvalue weighted by Crippen LogP contribution is -2.26. The fraction of sp³-hybridized carbons (Fsp3) is 0.385. The van der Waals surface area contributed by atoms with Gasteiger partial charge < -0.3 is 0 Å². The average Bonchev–Trinajstić information content (AvgIpc) is 2.67. The summed E-state index contributed by atoms with van der Waals surface area (Å²) >= 11 is 5.68. The predicted molar refractivity (Wildman–Crippen MR) is 62.0 cm³/mol. The van der Waals surface area contributed by atoms with Gasteiger partial charge in [-0.2, -0.15) is 5.26 Å². The Morgan fingerprint density at radius 1 is 1.53 bits per heavy atom. The zero-order chi connectivity index (χ0) is 12.5. The summed E-state index contributed by atoms with van der Waals surface area (Å²) in [5.74, 6) is -0.608. The van der Waals surface area contributed by atoms with Gasteiger partial charge in [-0.25, -0.2) is 4.39 Å². The van der Waals surface area contributed by atoms with Crippen LogP contribution in [0, 0.1) is 22.6 Å². The Kier molecular flexibility index (Phi) is 3.17. The molecule has 0 amide bonds. The maximum atomic E-state index is 13.7. The second-order valence-electron chi connectivity index (χ2n) is 4.36. The Labute approximate surface area is 104 Å². The van der Waals surface area contributed by atoms with Crippen LogP contribution in [0.3, 0.4) is 0 Å². The van der Waals surface area contributed by atoms with Gasteiger partial charge in [-0.05, 0) is 24.5 Å². The number of hydrogen-bond donors (Lipinski definition) is 0. The van der Waals surface area contributed by atoms with E-state index in [1.165, 1.54) is 6.07 Å². The highest BCUT2D eigenvalue weighted by molar-refractivity contribution is 6.30. The highest BCUT2D eigenvalue weighted by atomic mass is 35.5. The zero-order valence-corrected chi connectivity index (χ0v) is 9.93. The van der Waals surface area contributed by atoms with E-state index in [1.807, 2.05) is 0 Å². The molecule has 2 nitrogen and oxygen atoms in total. The summed E-state index contributed by atoms with van der Waals surface area (Å²) in [6.45, 7) is 0. The van der Waals surface area contributed by atoms with Gasteiger partial charge >= 0.3 is 0 Å².